The Bertz CT molecular complexity index is 1240. The summed E-state index contributed by atoms with van der Waals surface area (Å²) < 4.78 is 2.26. The van der Waals surface area contributed by atoms with Crippen LogP contribution in [0.15, 0.2) is 85.2 Å². The molecule has 1 aliphatic heterocycles. The van der Waals surface area contributed by atoms with Crippen molar-refractivity contribution in [3.63, 3.8) is 0 Å². The molecule has 32 heavy (non-hydrogen) atoms. The molecule has 2 aromatic heterocycles. The number of anilines is 1. The molecule has 0 aliphatic carbocycles. The molecule has 0 unspecified atom stereocenters. The predicted octanol–water partition coefficient (Wildman–Crippen LogP) is 5.97. The van der Waals surface area contributed by atoms with Crippen molar-refractivity contribution in [3.05, 3.63) is 113 Å². The molecule has 0 spiro atoms. The van der Waals surface area contributed by atoms with Crippen LogP contribution in [0.4, 0.5) is 5.69 Å². The van der Waals surface area contributed by atoms with Crippen LogP contribution in [-0.2, 0) is 0 Å². The molecule has 160 valence electrons. The number of nitrogens with zero attached hydrogens (tertiary/aromatic N) is 3. The van der Waals surface area contributed by atoms with E-state index < -0.39 is 0 Å². The monoisotopic (exact) mass is 438 g/mol. The fourth-order valence-corrected chi connectivity index (χ4v) is 4.94. The lowest BCUT2D eigenvalue weighted by atomic mass is 10.00. The minimum atomic E-state index is -0.0661. The quantitative estimate of drug-likeness (QED) is 0.398. The Balaban J connectivity index is 1.68. The van der Waals surface area contributed by atoms with Gasteiger partial charge >= 0.3 is 0 Å². The van der Waals surface area contributed by atoms with Gasteiger partial charge in [-0.3, -0.25) is 4.98 Å². The maximum absolute atomic E-state index is 5.89. The number of aromatic nitrogens is 2. The van der Waals surface area contributed by atoms with Crippen LogP contribution in [0, 0.1) is 20.8 Å². The van der Waals surface area contributed by atoms with Crippen LogP contribution in [0.1, 0.15) is 40.2 Å². The molecule has 1 fully saturated rings. The van der Waals surface area contributed by atoms with Crippen molar-refractivity contribution < 1.29 is 0 Å². The molecule has 5 rings (SSSR count). The molecule has 1 N–H and O–H groups in total. The number of pyridine rings is 1. The number of rotatable bonds is 4. The molecule has 3 heterocycles. The van der Waals surface area contributed by atoms with Crippen molar-refractivity contribution >= 4 is 23.0 Å². The van der Waals surface area contributed by atoms with E-state index in [4.69, 9.17) is 12.2 Å². The lowest BCUT2D eigenvalue weighted by molar-refractivity contribution is 0.549. The van der Waals surface area contributed by atoms with Crippen LogP contribution in [0.2, 0.25) is 0 Å². The number of aryl methyl sites for hydroxylation is 3. The normalized spacial score (nSPS) is 18.1. The fourth-order valence-electron chi connectivity index (χ4n) is 4.60. The largest absolute Gasteiger partial charge is 0.351 e. The second-order valence-corrected chi connectivity index (χ2v) is 8.87. The molecule has 4 nitrogen and oxygen atoms in total. The molecule has 1 saturated heterocycles. The van der Waals surface area contributed by atoms with Crippen LogP contribution in [0.3, 0.4) is 0 Å². The Labute approximate surface area is 194 Å². The first-order chi connectivity index (χ1) is 15.5. The standard InChI is InChI=1S/C27H26N4S/c1-18-9-11-21(12-10-18)30-14-6-8-24(30)26-25(23-7-4-5-13-28-23)29-27(32)31(26)22-16-19(2)15-20(3)17-22/h4-17,25-26H,1-3H3,(H,29,32)/t25-,26+/m0/s1. The molecule has 0 amide bonds. The van der Waals surface area contributed by atoms with Crippen molar-refractivity contribution in [3.8, 4) is 5.69 Å². The number of thiocarbonyl (C=S) groups is 1. The number of hydrogen-bond donors (Lipinski definition) is 1. The summed E-state index contributed by atoms with van der Waals surface area (Å²) in [5.74, 6) is 0. The van der Waals surface area contributed by atoms with Crippen molar-refractivity contribution in [2.45, 2.75) is 32.9 Å². The van der Waals surface area contributed by atoms with Gasteiger partial charge in [0.05, 0.1) is 11.7 Å². The molecular weight excluding hydrogens is 412 g/mol. The van der Waals surface area contributed by atoms with Crippen LogP contribution >= 0.6 is 12.2 Å². The first kappa shape index (κ1) is 20.5. The summed E-state index contributed by atoms with van der Waals surface area (Å²) in [6.45, 7) is 6.37. The Morgan fingerprint density at radius 1 is 0.812 bits per heavy atom. The van der Waals surface area contributed by atoms with Gasteiger partial charge in [-0.2, -0.15) is 0 Å². The van der Waals surface area contributed by atoms with Gasteiger partial charge < -0.3 is 14.8 Å². The van der Waals surface area contributed by atoms with E-state index in [9.17, 15) is 0 Å². The second kappa shape index (κ2) is 8.24. The molecule has 0 saturated carbocycles. The van der Waals surface area contributed by atoms with E-state index in [-0.39, 0.29) is 12.1 Å². The van der Waals surface area contributed by atoms with Crippen LogP contribution < -0.4 is 10.2 Å². The molecule has 0 bridgehead atoms. The summed E-state index contributed by atoms with van der Waals surface area (Å²) in [7, 11) is 0. The smallest absolute Gasteiger partial charge is 0.174 e. The number of benzene rings is 2. The van der Waals surface area contributed by atoms with Crippen molar-refractivity contribution in [1.82, 2.24) is 14.9 Å². The maximum Gasteiger partial charge on any atom is 0.174 e. The zero-order valence-electron chi connectivity index (χ0n) is 18.5. The van der Waals surface area contributed by atoms with E-state index in [0.717, 1.165) is 22.8 Å². The van der Waals surface area contributed by atoms with E-state index >= 15 is 0 Å². The average Bonchev–Trinajstić information content (AvgIpc) is 3.38. The van der Waals surface area contributed by atoms with E-state index in [0.29, 0.717) is 5.11 Å². The first-order valence-corrected chi connectivity index (χ1v) is 11.3. The molecule has 1 aliphatic rings. The van der Waals surface area contributed by atoms with E-state index in [2.05, 4.69) is 107 Å². The molecular formula is C27H26N4S. The summed E-state index contributed by atoms with van der Waals surface area (Å²) in [6.07, 6.45) is 3.96. The Morgan fingerprint density at radius 3 is 2.25 bits per heavy atom. The van der Waals surface area contributed by atoms with Crippen LogP contribution in [0.5, 0.6) is 0 Å². The Morgan fingerprint density at radius 2 is 1.56 bits per heavy atom. The Kier molecular flexibility index (Phi) is 5.27. The molecule has 4 aromatic rings. The summed E-state index contributed by atoms with van der Waals surface area (Å²) in [5, 5.41) is 4.28. The third-order valence-corrected chi connectivity index (χ3v) is 6.29. The van der Waals surface area contributed by atoms with Gasteiger partial charge in [-0.1, -0.05) is 29.8 Å². The highest BCUT2D eigenvalue weighted by molar-refractivity contribution is 7.80. The fraction of sp³-hybridized carbons (Fsp3) is 0.185. The van der Waals surface area contributed by atoms with Gasteiger partial charge in [-0.25, -0.2) is 0 Å². The maximum atomic E-state index is 5.89. The van der Waals surface area contributed by atoms with Crippen molar-refractivity contribution in [1.29, 1.82) is 0 Å². The van der Waals surface area contributed by atoms with Crippen LogP contribution in [-0.4, -0.2) is 14.7 Å². The van der Waals surface area contributed by atoms with E-state index in [1.54, 1.807) is 0 Å². The van der Waals surface area contributed by atoms with Gasteiger partial charge in [0, 0.05) is 29.5 Å². The summed E-state index contributed by atoms with van der Waals surface area (Å²) in [4.78, 5) is 6.92. The summed E-state index contributed by atoms with van der Waals surface area (Å²) >= 11 is 5.89. The molecule has 2 atom stereocenters. The molecule has 2 aromatic carbocycles. The van der Waals surface area contributed by atoms with Gasteiger partial charge in [0.1, 0.15) is 6.04 Å². The number of hydrogen-bond acceptors (Lipinski definition) is 2. The lowest BCUT2D eigenvalue weighted by Gasteiger charge is -2.29. The van der Waals surface area contributed by atoms with Gasteiger partial charge in [0.25, 0.3) is 0 Å². The SMILES string of the molecule is Cc1ccc(-n2cccc2[C@@H]2[C@H](c3ccccn3)NC(=S)N2c2cc(C)cc(C)c2)cc1. The second-order valence-electron chi connectivity index (χ2n) is 8.48. The zero-order chi connectivity index (χ0) is 22.2. The van der Waals surface area contributed by atoms with Gasteiger partial charge in [0.15, 0.2) is 5.11 Å². The first-order valence-electron chi connectivity index (χ1n) is 10.8. The average molecular weight is 439 g/mol. The summed E-state index contributed by atoms with van der Waals surface area (Å²) in [6, 6.07) is 25.4. The third-order valence-electron chi connectivity index (χ3n) is 5.98. The third kappa shape index (κ3) is 3.69. The predicted molar refractivity (Wildman–Crippen MR) is 134 cm³/mol. The van der Waals surface area contributed by atoms with Crippen molar-refractivity contribution in [2.75, 3.05) is 4.90 Å². The minimum Gasteiger partial charge on any atom is -0.351 e. The van der Waals surface area contributed by atoms with Gasteiger partial charge in [0.2, 0.25) is 0 Å². The minimum absolute atomic E-state index is 0.0464. The molecule has 0 radical (unpaired) electrons. The molecule has 5 heteroatoms. The highest BCUT2D eigenvalue weighted by Gasteiger charge is 2.42. The number of nitrogens with one attached hydrogen (secondary N) is 1. The highest BCUT2D eigenvalue weighted by Crippen LogP contribution is 2.42. The summed E-state index contributed by atoms with van der Waals surface area (Å²) in [5.41, 5.74) is 8.05. The van der Waals surface area contributed by atoms with Crippen LogP contribution in [0.25, 0.3) is 5.69 Å². The Hall–Kier alpha value is -3.44. The van der Waals surface area contributed by atoms with Gasteiger partial charge in [-0.15, -0.1) is 0 Å². The zero-order valence-corrected chi connectivity index (χ0v) is 19.3. The highest BCUT2D eigenvalue weighted by atomic mass is 32.1. The topological polar surface area (TPSA) is 33.1 Å². The van der Waals surface area contributed by atoms with Crippen molar-refractivity contribution in [2.24, 2.45) is 0 Å². The van der Waals surface area contributed by atoms with E-state index in [1.165, 1.54) is 16.7 Å². The van der Waals surface area contributed by atoms with E-state index in [1.807, 2.05) is 18.3 Å². The van der Waals surface area contributed by atoms with Gasteiger partial charge in [-0.05, 0) is 92.6 Å². The lowest BCUT2D eigenvalue weighted by Crippen LogP contribution is -2.30.